The van der Waals surface area contributed by atoms with E-state index in [0.717, 1.165) is 12.1 Å². The third-order valence-electron chi connectivity index (χ3n) is 4.15. The van der Waals surface area contributed by atoms with Crippen molar-refractivity contribution in [1.82, 2.24) is 10.2 Å². The molecule has 0 saturated carbocycles. The van der Waals surface area contributed by atoms with Crippen molar-refractivity contribution in [2.75, 3.05) is 13.1 Å². The van der Waals surface area contributed by atoms with Crippen molar-refractivity contribution >= 4 is 5.91 Å². The number of amides is 1. The number of carbonyl (C=O) groups excluding carboxylic acids is 1. The topological polar surface area (TPSA) is 59.3 Å². The summed E-state index contributed by atoms with van der Waals surface area (Å²) in [6.07, 6.45) is 5.25. The predicted molar refractivity (Wildman–Crippen MR) is 87.5 cm³/mol. The van der Waals surface area contributed by atoms with Crippen LogP contribution in [0.3, 0.4) is 0 Å². The average molecular weight is 311 g/mol. The minimum Gasteiger partial charge on any atom is -0.619 e. The maximum atomic E-state index is 12.0. The van der Waals surface area contributed by atoms with Crippen molar-refractivity contribution < 1.29 is 9.52 Å². The van der Waals surface area contributed by atoms with Crippen LogP contribution in [0.4, 0.5) is 0 Å². The molecule has 1 saturated heterocycles. The highest BCUT2D eigenvalue weighted by Crippen LogP contribution is 2.13. The second-order valence-corrected chi connectivity index (χ2v) is 5.93. The lowest BCUT2D eigenvalue weighted by Crippen LogP contribution is -2.27. The Morgan fingerprint density at radius 3 is 2.30 bits per heavy atom. The van der Waals surface area contributed by atoms with E-state index in [1.807, 2.05) is 0 Å². The third-order valence-corrected chi connectivity index (χ3v) is 4.15. The summed E-state index contributed by atoms with van der Waals surface area (Å²) in [5, 5.41) is 13.8. The minimum absolute atomic E-state index is 0.174. The van der Waals surface area contributed by atoms with Crippen LogP contribution >= 0.6 is 0 Å². The van der Waals surface area contributed by atoms with Gasteiger partial charge in [0.2, 0.25) is 0 Å². The van der Waals surface area contributed by atoms with Gasteiger partial charge in [-0.05, 0) is 37.1 Å². The summed E-state index contributed by atoms with van der Waals surface area (Å²) < 4.78 is 0.663. The summed E-state index contributed by atoms with van der Waals surface area (Å²) in [5.41, 5.74) is 2.87. The molecule has 1 aromatic heterocycles. The van der Waals surface area contributed by atoms with E-state index in [1.54, 1.807) is 0 Å². The van der Waals surface area contributed by atoms with Crippen LogP contribution in [-0.4, -0.2) is 23.9 Å². The normalized spacial score (nSPS) is 14.8. The Morgan fingerprint density at radius 2 is 1.65 bits per heavy atom. The predicted octanol–water partition coefficient (Wildman–Crippen LogP) is 1.85. The molecule has 0 radical (unpaired) electrons. The first-order valence-corrected chi connectivity index (χ1v) is 7.98. The Balaban J connectivity index is 1.51. The van der Waals surface area contributed by atoms with Crippen molar-refractivity contribution in [2.24, 2.45) is 0 Å². The van der Waals surface area contributed by atoms with Gasteiger partial charge in [0.25, 0.3) is 5.91 Å². The van der Waals surface area contributed by atoms with E-state index in [1.165, 1.54) is 56.0 Å². The summed E-state index contributed by atoms with van der Waals surface area (Å²) in [6.45, 7) is 3.87. The number of hydrogen-bond acceptors (Lipinski definition) is 3. The van der Waals surface area contributed by atoms with Gasteiger partial charge in [-0.15, -0.1) is 0 Å². The van der Waals surface area contributed by atoms with Crippen molar-refractivity contribution in [1.29, 1.82) is 0 Å². The Labute approximate surface area is 136 Å². The Hall–Kier alpha value is -2.40. The van der Waals surface area contributed by atoms with Gasteiger partial charge in [0.1, 0.15) is 0 Å². The van der Waals surface area contributed by atoms with Crippen LogP contribution in [-0.2, 0) is 13.1 Å². The molecule has 2 aromatic rings. The fourth-order valence-corrected chi connectivity index (χ4v) is 2.81. The molecule has 5 nitrogen and oxygen atoms in total. The molecule has 5 heteroatoms. The van der Waals surface area contributed by atoms with Crippen LogP contribution in [0, 0.1) is 5.21 Å². The van der Waals surface area contributed by atoms with E-state index in [0.29, 0.717) is 16.8 Å². The quantitative estimate of drug-likeness (QED) is 0.677. The lowest BCUT2D eigenvalue weighted by atomic mass is 10.1. The summed E-state index contributed by atoms with van der Waals surface area (Å²) in [7, 11) is 0. The zero-order valence-electron chi connectivity index (χ0n) is 13.1. The molecule has 0 aliphatic carbocycles. The van der Waals surface area contributed by atoms with Crippen molar-refractivity contribution in [2.45, 2.75) is 25.9 Å². The minimum atomic E-state index is -0.174. The molecule has 0 spiro atoms. The number of pyridine rings is 1. The molecule has 0 unspecified atom stereocenters. The molecule has 0 atom stereocenters. The highest BCUT2D eigenvalue weighted by Gasteiger charge is 2.11. The van der Waals surface area contributed by atoms with Crippen LogP contribution in [0.5, 0.6) is 0 Å². The molecule has 1 fully saturated rings. The number of rotatable bonds is 5. The van der Waals surface area contributed by atoms with Crippen LogP contribution in [0.1, 0.15) is 34.3 Å². The number of hydrogen-bond donors (Lipinski definition) is 1. The second-order valence-electron chi connectivity index (χ2n) is 5.93. The third kappa shape index (κ3) is 4.29. The first-order chi connectivity index (χ1) is 11.2. The molecular weight excluding hydrogens is 290 g/mol. The summed E-state index contributed by atoms with van der Waals surface area (Å²) in [5.74, 6) is -0.174. The van der Waals surface area contributed by atoms with Crippen molar-refractivity contribution in [3.05, 3.63) is 70.7 Å². The molecule has 1 aromatic carbocycles. The van der Waals surface area contributed by atoms with Gasteiger partial charge < -0.3 is 10.5 Å². The molecule has 2 heterocycles. The summed E-state index contributed by atoms with van der Waals surface area (Å²) in [6, 6.07) is 11.4. The smallest absolute Gasteiger partial charge is 0.252 e. The summed E-state index contributed by atoms with van der Waals surface area (Å²) >= 11 is 0. The number of likely N-dealkylation sites (tertiary alicyclic amines) is 1. The van der Waals surface area contributed by atoms with Crippen molar-refractivity contribution in [3.63, 3.8) is 0 Å². The zero-order valence-corrected chi connectivity index (χ0v) is 13.1. The summed E-state index contributed by atoms with van der Waals surface area (Å²) in [4.78, 5) is 14.5. The standard InChI is InChI=1S/C18H21N3O2/c22-18(17-7-11-21(23)12-8-17)19-13-15-3-5-16(6-4-15)14-20-9-1-2-10-20/h3-8,11-12H,1-2,9-10,13-14H2,(H,19,22). The second kappa shape index (κ2) is 7.24. The lowest BCUT2D eigenvalue weighted by molar-refractivity contribution is -0.605. The molecular formula is C18H21N3O2. The number of nitrogens with zero attached hydrogens (tertiary/aromatic N) is 2. The van der Waals surface area contributed by atoms with E-state index < -0.39 is 0 Å². The van der Waals surface area contributed by atoms with Crippen LogP contribution in [0.25, 0.3) is 0 Å². The van der Waals surface area contributed by atoms with Gasteiger partial charge >= 0.3 is 0 Å². The fourth-order valence-electron chi connectivity index (χ4n) is 2.81. The van der Waals surface area contributed by atoms with Crippen LogP contribution in [0.2, 0.25) is 0 Å². The van der Waals surface area contributed by atoms with E-state index in [4.69, 9.17) is 0 Å². The molecule has 0 bridgehead atoms. The van der Waals surface area contributed by atoms with Gasteiger partial charge in [0, 0.05) is 25.2 Å². The van der Waals surface area contributed by atoms with Gasteiger partial charge in [-0.3, -0.25) is 9.69 Å². The van der Waals surface area contributed by atoms with Crippen LogP contribution < -0.4 is 10.0 Å². The average Bonchev–Trinajstić information content (AvgIpc) is 3.07. The maximum absolute atomic E-state index is 12.0. The van der Waals surface area contributed by atoms with Crippen LogP contribution in [0.15, 0.2) is 48.8 Å². The van der Waals surface area contributed by atoms with E-state index >= 15 is 0 Å². The molecule has 1 amide bonds. The van der Waals surface area contributed by atoms with Gasteiger partial charge in [-0.25, -0.2) is 0 Å². The molecule has 3 rings (SSSR count). The van der Waals surface area contributed by atoms with E-state index in [2.05, 4.69) is 34.5 Å². The highest BCUT2D eigenvalue weighted by atomic mass is 16.5. The largest absolute Gasteiger partial charge is 0.619 e. The zero-order chi connectivity index (χ0) is 16.1. The highest BCUT2D eigenvalue weighted by molar-refractivity contribution is 5.93. The number of aromatic nitrogens is 1. The van der Waals surface area contributed by atoms with Crippen molar-refractivity contribution in [3.8, 4) is 0 Å². The molecule has 1 aliphatic rings. The van der Waals surface area contributed by atoms with Gasteiger partial charge in [-0.1, -0.05) is 24.3 Å². The van der Waals surface area contributed by atoms with E-state index in [-0.39, 0.29) is 5.91 Å². The first kappa shape index (κ1) is 15.5. The van der Waals surface area contributed by atoms with E-state index in [9.17, 15) is 10.0 Å². The van der Waals surface area contributed by atoms with Gasteiger partial charge in [0.05, 0.1) is 5.56 Å². The lowest BCUT2D eigenvalue weighted by Gasteiger charge is -2.14. The molecule has 120 valence electrons. The number of nitrogens with one attached hydrogen (secondary N) is 1. The monoisotopic (exact) mass is 311 g/mol. The molecule has 1 aliphatic heterocycles. The Kier molecular flexibility index (Phi) is 4.88. The number of carbonyl (C=O) groups is 1. The molecule has 23 heavy (non-hydrogen) atoms. The molecule has 1 N–H and O–H groups in total. The maximum Gasteiger partial charge on any atom is 0.252 e. The first-order valence-electron chi connectivity index (χ1n) is 7.98. The fraction of sp³-hybridized carbons (Fsp3) is 0.333. The Bertz CT molecular complexity index is 647. The SMILES string of the molecule is O=C(NCc1ccc(CN2CCCC2)cc1)c1cc[n+]([O-])cc1. The number of benzene rings is 1. The van der Waals surface area contributed by atoms with Gasteiger partial charge in [-0.2, -0.15) is 4.73 Å². The Morgan fingerprint density at radius 1 is 1.04 bits per heavy atom. The van der Waals surface area contributed by atoms with Gasteiger partial charge in [0.15, 0.2) is 12.4 Å².